The lowest BCUT2D eigenvalue weighted by Gasteiger charge is -2.22. The monoisotopic (exact) mass is 287 g/mol. The van der Waals surface area contributed by atoms with Crippen LogP contribution in [0, 0.1) is 11.3 Å². The fourth-order valence-electron chi connectivity index (χ4n) is 1.16. The van der Waals surface area contributed by atoms with Gasteiger partial charge in [-0.05, 0) is 32.0 Å². The zero-order chi connectivity index (χ0) is 13.9. The molecule has 5 nitrogen and oxygen atoms in total. The van der Waals surface area contributed by atoms with Gasteiger partial charge in [-0.25, -0.2) is 0 Å². The van der Waals surface area contributed by atoms with Crippen LogP contribution < -0.4 is 4.72 Å². The summed E-state index contributed by atoms with van der Waals surface area (Å²) in [5.41, 5.74) is 0.535. The van der Waals surface area contributed by atoms with Gasteiger partial charge >= 0.3 is 10.2 Å². The van der Waals surface area contributed by atoms with Gasteiger partial charge in [0, 0.05) is 13.1 Å². The van der Waals surface area contributed by atoms with E-state index in [1.807, 2.05) is 6.07 Å². The van der Waals surface area contributed by atoms with Gasteiger partial charge in [-0.3, -0.25) is 4.72 Å². The summed E-state index contributed by atoms with van der Waals surface area (Å²) in [4.78, 5) is 0. The van der Waals surface area contributed by atoms with Crippen molar-refractivity contribution in [1.82, 2.24) is 4.31 Å². The van der Waals surface area contributed by atoms with Crippen molar-refractivity contribution < 1.29 is 8.42 Å². The summed E-state index contributed by atoms with van der Waals surface area (Å²) in [6, 6.07) is 6.14. The first-order valence-electron chi connectivity index (χ1n) is 5.23. The van der Waals surface area contributed by atoms with Crippen molar-refractivity contribution in [3.63, 3.8) is 0 Å². The second-order valence-corrected chi connectivity index (χ2v) is 6.16. The van der Waals surface area contributed by atoms with Crippen LogP contribution in [0.4, 0.5) is 5.69 Å². The van der Waals surface area contributed by atoms with E-state index in [1.165, 1.54) is 29.6 Å². The number of nitriles is 1. The maximum atomic E-state index is 12.0. The Hall–Kier alpha value is -1.29. The Kier molecular flexibility index (Phi) is 4.57. The molecule has 0 atom stereocenters. The van der Waals surface area contributed by atoms with Crippen LogP contribution in [0.2, 0.25) is 5.02 Å². The van der Waals surface area contributed by atoms with Gasteiger partial charge in [0.05, 0.1) is 22.3 Å². The van der Waals surface area contributed by atoms with E-state index >= 15 is 0 Å². The largest absolute Gasteiger partial charge is 0.301 e. The third kappa shape index (κ3) is 3.35. The van der Waals surface area contributed by atoms with Crippen molar-refractivity contribution in [2.24, 2.45) is 0 Å². The number of benzene rings is 1. The summed E-state index contributed by atoms with van der Waals surface area (Å²) in [6.45, 7) is 3.51. The summed E-state index contributed by atoms with van der Waals surface area (Å²) in [6.07, 6.45) is 0. The molecular formula is C11H14ClN3O2S. The minimum Gasteiger partial charge on any atom is -0.269 e. The molecular weight excluding hydrogens is 274 g/mol. The zero-order valence-electron chi connectivity index (χ0n) is 10.3. The molecule has 0 aromatic heterocycles. The Morgan fingerprint density at radius 3 is 2.56 bits per heavy atom. The second kappa shape index (κ2) is 5.57. The average molecular weight is 288 g/mol. The van der Waals surface area contributed by atoms with Crippen LogP contribution in [0.5, 0.6) is 0 Å². The second-order valence-electron chi connectivity index (χ2n) is 4.02. The average Bonchev–Trinajstić information content (AvgIpc) is 2.30. The predicted octanol–water partition coefficient (Wildman–Crippen LogP) is 2.21. The Morgan fingerprint density at radius 1 is 1.44 bits per heavy atom. The van der Waals surface area contributed by atoms with E-state index in [0.717, 1.165) is 0 Å². The molecule has 7 heteroatoms. The van der Waals surface area contributed by atoms with Gasteiger partial charge in [-0.1, -0.05) is 11.6 Å². The molecule has 0 spiro atoms. The Labute approximate surface area is 112 Å². The maximum absolute atomic E-state index is 12.0. The Bertz CT molecular complexity index is 578. The Balaban J connectivity index is 3.09. The van der Waals surface area contributed by atoms with Crippen LogP contribution in [0.15, 0.2) is 18.2 Å². The number of nitrogens with one attached hydrogen (secondary N) is 1. The van der Waals surface area contributed by atoms with Crippen molar-refractivity contribution in [2.75, 3.05) is 11.8 Å². The molecule has 0 saturated carbocycles. The van der Waals surface area contributed by atoms with Gasteiger partial charge in [0.15, 0.2) is 0 Å². The zero-order valence-corrected chi connectivity index (χ0v) is 11.9. The van der Waals surface area contributed by atoms with E-state index in [-0.39, 0.29) is 16.8 Å². The van der Waals surface area contributed by atoms with E-state index in [9.17, 15) is 8.42 Å². The number of halogens is 1. The number of nitrogens with zero attached hydrogens (tertiary/aromatic N) is 2. The van der Waals surface area contributed by atoms with Crippen molar-refractivity contribution in [3.05, 3.63) is 28.8 Å². The van der Waals surface area contributed by atoms with Crippen LogP contribution in [-0.4, -0.2) is 25.8 Å². The molecule has 0 bridgehead atoms. The molecule has 0 saturated heterocycles. The minimum absolute atomic E-state index is 0.180. The maximum Gasteiger partial charge on any atom is 0.301 e. The van der Waals surface area contributed by atoms with Crippen molar-refractivity contribution in [2.45, 2.75) is 19.9 Å². The molecule has 0 unspecified atom stereocenters. The van der Waals surface area contributed by atoms with Gasteiger partial charge in [0.1, 0.15) is 0 Å². The van der Waals surface area contributed by atoms with E-state index in [2.05, 4.69) is 4.72 Å². The summed E-state index contributed by atoms with van der Waals surface area (Å²) < 4.78 is 27.5. The predicted molar refractivity (Wildman–Crippen MR) is 71.6 cm³/mol. The molecule has 0 aliphatic carbocycles. The first-order chi connectivity index (χ1) is 8.27. The highest BCUT2D eigenvalue weighted by atomic mass is 35.5. The molecule has 18 heavy (non-hydrogen) atoms. The van der Waals surface area contributed by atoms with Crippen LogP contribution >= 0.6 is 11.6 Å². The standard InChI is InChI=1S/C11H14ClN3O2S/c1-8(2)15(3)18(16,17)14-11-6-9(7-13)4-5-10(11)12/h4-6,8,14H,1-3H3. The number of hydrogen-bond acceptors (Lipinski definition) is 3. The summed E-state index contributed by atoms with van der Waals surface area (Å²) in [5.74, 6) is 0. The summed E-state index contributed by atoms with van der Waals surface area (Å²) in [7, 11) is -2.20. The van der Waals surface area contributed by atoms with E-state index < -0.39 is 10.2 Å². The van der Waals surface area contributed by atoms with Gasteiger partial charge < -0.3 is 0 Å². The van der Waals surface area contributed by atoms with Gasteiger partial charge in [0.25, 0.3) is 0 Å². The van der Waals surface area contributed by atoms with Gasteiger partial charge in [-0.2, -0.15) is 18.0 Å². The molecule has 98 valence electrons. The molecule has 1 N–H and O–H groups in total. The molecule has 0 heterocycles. The van der Waals surface area contributed by atoms with E-state index in [1.54, 1.807) is 13.8 Å². The van der Waals surface area contributed by atoms with Crippen LogP contribution in [0.25, 0.3) is 0 Å². The molecule has 1 aromatic carbocycles. The van der Waals surface area contributed by atoms with Crippen molar-refractivity contribution >= 4 is 27.5 Å². The first-order valence-corrected chi connectivity index (χ1v) is 7.05. The first kappa shape index (κ1) is 14.8. The van der Waals surface area contributed by atoms with Crippen LogP contribution in [0.1, 0.15) is 19.4 Å². The third-order valence-corrected chi connectivity index (χ3v) is 4.43. The number of rotatable bonds is 4. The molecule has 0 aliphatic rings. The van der Waals surface area contributed by atoms with Crippen LogP contribution in [0.3, 0.4) is 0 Å². The van der Waals surface area contributed by atoms with Gasteiger partial charge in [0.2, 0.25) is 0 Å². The normalized spacial score (nSPS) is 11.6. The lowest BCUT2D eigenvalue weighted by Crippen LogP contribution is -2.37. The van der Waals surface area contributed by atoms with E-state index in [4.69, 9.17) is 16.9 Å². The summed E-state index contributed by atoms with van der Waals surface area (Å²) >= 11 is 5.89. The van der Waals surface area contributed by atoms with E-state index in [0.29, 0.717) is 5.56 Å². The molecule has 1 aromatic rings. The highest BCUT2D eigenvalue weighted by Crippen LogP contribution is 2.24. The van der Waals surface area contributed by atoms with Crippen molar-refractivity contribution in [3.8, 4) is 6.07 Å². The minimum atomic E-state index is -3.67. The third-order valence-electron chi connectivity index (χ3n) is 2.44. The molecule has 0 amide bonds. The van der Waals surface area contributed by atoms with Gasteiger partial charge in [-0.15, -0.1) is 0 Å². The quantitative estimate of drug-likeness (QED) is 0.923. The molecule has 0 radical (unpaired) electrons. The lowest BCUT2D eigenvalue weighted by atomic mass is 10.2. The smallest absolute Gasteiger partial charge is 0.269 e. The SMILES string of the molecule is CC(C)N(C)S(=O)(=O)Nc1cc(C#N)ccc1Cl. The fourth-order valence-corrected chi connectivity index (χ4v) is 2.53. The lowest BCUT2D eigenvalue weighted by molar-refractivity contribution is 0.414. The highest BCUT2D eigenvalue weighted by Gasteiger charge is 2.21. The summed E-state index contributed by atoms with van der Waals surface area (Å²) in [5, 5.41) is 9.01. The Morgan fingerprint density at radius 2 is 2.06 bits per heavy atom. The molecule has 1 rings (SSSR count). The highest BCUT2D eigenvalue weighted by molar-refractivity contribution is 7.90. The topological polar surface area (TPSA) is 73.2 Å². The number of anilines is 1. The van der Waals surface area contributed by atoms with Crippen LogP contribution in [-0.2, 0) is 10.2 Å². The number of hydrogen-bond donors (Lipinski definition) is 1. The molecule has 0 aliphatic heterocycles. The fraction of sp³-hybridized carbons (Fsp3) is 0.364. The van der Waals surface area contributed by atoms with Crippen molar-refractivity contribution in [1.29, 1.82) is 5.26 Å². The molecule has 0 fully saturated rings.